The van der Waals surface area contributed by atoms with E-state index in [0.29, 0.717) is 0 Å². The summed E-state index contributed by atoms with van der Waals surface area (Å²) in [5.41, 5.74) is 4.22. The molecule has 3 aromatic carbocycles. The molecule has 2 atom stereocenters. The molecule has 0 radical (unpaired) electrons. The molecule has 34 heavy (non-hydrogen) atoms. The molecular weight excluding hydrogens is 586 g/mol. The Labute approximate surface area is 217 Å². The van der Waals surface area contributed by atoms with Gasteiger partial charge in [0.25, 0.3) is 0 Å². The maximum atomic E-state index is 14.0. The predicted molar refractivity (Wildman–Crippen MR) is 135 cm³/mol. The zero-order chi connectivity index (χ0) is 24.0. The molecule has 7 rings (SSSR count). The van der Waals surface area contributed by atoms with Gasteiger partial charge in [0, 0.05) is 0 Å². The molecular formula is C26H16Br2ClNO4. The topological polar surface area (TPSA) is 63.7 Å². The van der Waals surface area contributed by atoms with E-state index in [1.165, 1.54) is 24.1 Å². The van der Waals surface area contributed by atoms with Crippen molar-refractivity contribution < 1.29 is 19.1 Å². The monoisotopic (exact) mass is 599 g/mol. The van der Waals surface area contributed by atoms with Gasteiger partial charge in [-0.25, -0.2) is 9.69 Å². The number of esters is 1. The van der Waals surface area contributed by atoms with Gasteiger partial charge >= 0.3 is 5.97 Å². The molecule has 1 fully saturated rings. The van der Waals surface area contributed by atoms with Crippen LogP contribution in [0.15, 0.2) is 66.7 Å². The summed E-state index contributed by atoms with van der Waals surface area (Å²) in [5.74, 6) is -2.70. The first-order chi connectivity index (χ1) is 16.3. The summed E-state index contributed by atoms with van der Waals surface area (Å²) in [6, 6.07) is 20.3. The second-order valence-electron chi connectivity index (χ2n) is 8.64. The quantitative estimate of drug-likeness (QED) is 0.220. The summed E-state index contributed by atoms with van der Waals surface area (Å²) in [6.45, 7) is 0. The number of amides is 2. The lowest BCUT2D eigenvalue weighted by atomic mass is 9.54. The number of rotatable bonds is 2. The van der Waals surface area contributed by atoms with Crippen LogP contribution in [0.1, 0.15) is 32.6 Å². The van der Waals surface area contributed by atoms with Gasteiger partial charge in [-0.1, -0.05) is 92.0 Å². The van der Waals surface area contributed by atoms with Gasteiger partial charge in [-0.2, -0.15) is 0 Å². The number of carbonyl (C=O) groups is 3. The fourth-order valence-corrected chi connectivity index (χ4v) is 8.34. The molecule has 0 saturated carbocycles. The van der Waals surface area contributed by atoms with Crippen molar-refractivity contribution in [1.29, 1.82) is 0 Å². The highest BCUT2D eigenvalue weighted by atomic mass is 79.9. The van der Waals surface area contributed by atoms with Crippen LogP contribution in [-0.4, -0.2) is 24.9 Å². The van der Waals surface area contributed by atoms with Crippen LogP contribution in [0.4, 0.5) is 5.69 Å². The van der Waals surface area contributed by atoms with Crippen LogP contribution in [0.3, 0.4) is 0 Å². The van der Waals surface area contributed by atoms with E-state index in [4.69, 9.17) is 16.3 Å². The molecule has 2 bridgehead atoms. The van der Waals surface area contributed by atoms with Crippen LogP contribution in [0, 0.1) is 11.8 Å². The number of imide groups is 1. The minimum Gasteiger partial charge on any atom is -0.465 e. The number of halogens is 3. The standard InChI is InChI=1S/C26H16Br2ClNO4/c1-34-24(33)14-12-13(10-11-19(14)29)30-22(31)20-21(23(30)32)26(28)16-7-3-2-6-15(16)25(20,27)17-8-4-5-9-18(17)26/h2-12,20-21H,1H3. The van der Waals surface area contributed by atoms with Crippen molar-refractivity contribution in [2.75, 3.05) is 12.0 Å². The number of hydrogen-bond acceptors (Lipinski definition) is 4. The summed E-state index contributed by atoms with van der Waals surface area (Å²) in [4.78, 5) is 41.5. The molecule has 8 heteroatoms. The third-order valence-electron chi connectivity index (χ3n) is 7.20. The first-order valence-electron chi connectivity index (χ1n) is 10.6. The lowest BCUT2D eigenvalue weighted by molar-refractivity contribution is -0.122. The molecule has 170 valence electrons. The fraction of sp³-hybridized carbons (Fsp3) is 0.192. The Morgan fingerprint density at radius 2 is 1.29 bits per heavy atom. The van der Waals surface area contributed by atoms with Crippen LogP contribution < -0.4 is 4.90 Å². The average Bonchev–Trinajstić information content (AvgIpc) is 3.13. The third kappa shape index (κ3) is 2.47. The summed E-state index contributed by atoms with van der Waals surface area (Å²) in [6.07, 6.45) is 0. The van der Waals surface area contributed by atoms with Crippen molar-refractivity contribution in [1.82, 2.24) is 0 Å². The number of ether oxygens (including phenoxy) is 1. The number of benzene rings is 3. The number of anilines is 1. The lowest BCUT2D eigenvalue weighted by Gasteiger charge is -2.55. The van der Waals surface area contributed by atoms with E-state index in [1.54, 1.807) is 6.07 Å². The molecule has 3 aliphatic carbocycles. The molecule has 0 spiro atoms. The Kier molecular flexibility index (Phi) is 4.70. The zero-order valence-corrected chi connectivity index (χ0v) is 21.6. The van der Waals surface area contributed by atoms with Crippen LogP contribution in [-0.2, 0) is 23.0 Å². The van der Waals surface area contributed by atoms with Gasteiger partial charge in [-0.05, 0) is 40.5 Å². The van der Waals surface area contributed by atoms with E-state index in [0.717, 1.165) is 22.3 Å². The number of carbonyl (C=O) groups excluding carboxylic acids is 3. The minimum absolute atomic E-state index is 0.0915. The Hall–Kier alpha value is -2.48. The molecule has 0 aromatic heterocycles. The smallest absolute Gasteiger partial charge is 0.339 e. The third-order valence-corrected chi connectivity index (χ3v) is 10.2. The van der Waals surface area contributed by atoms with Crippen LogP contribution in [0.2, 0.25) is 5.02 Å². The van der Waals surface area contributed by atoms with Gasteiger partial charge in [-0.3, -0.25) is 9.59 Å². The predicted octanol–water partition coefficient (Wildman–Crippen LogP) is 5.54. The van der Waals surface area contributed by atoms with Gasteiger partial charge in [0.1, 0.15) is 0 Å². The van der Waals surface area contributed by atoms with Crippen molar-refractivity contribution in [3.05, 3.63) is 99.6 Å². The fourth-order valence-electron chi connectivity index (χ4n) is 5.84. The first-order valence-corrected chi connectivity index (χ1v) is 12.6. The van der Waals surface area contributed by atoms with E-state index >= 15 is 0 Å². The van der Waals surface area contributed by atoms with E-state index in [1.807, 2.05) is 48.5 Å². The molecule has 2 unspecified atom stereocenters. The Morgan fingerprint density at radius 1 is 0.853 bits per heavy atom. The number of alkyl halides is 2. The van der Waals surface area contributed by atoms with Crippen molar-refractivity contribution >= 4 is 66.9 Å². The van der Waals surface area contributed by atoms with Crippen LogP contribution in [0.5, 0.6) is 0 Å². The average molecular weight is 602 g/mol. The van der Waals surface area contributed by atoms with Gasteiger partial charge in [0.2, 0.25) is 11.8 Å². The van der Waals surface area contributed by atoms with E-state index in [2.05, 4.69) is 31.9 Å². The summed E-state index contributed by atoms with van der Waals surface area (Å²) >= 11 is 14.1. The van der Waals surface area contributed by atoms with E-state index < -0.39 is 26.5 Å². The summed E-state index contributed by atoms with van der Waals surface area (Å²) in [7, 11) is 1.25. The molecule has 4 aliphatic rings. The van der Waals surface area contributed by atoms with Gasteiger partial charge in [-0.15, -0.1) is 0 Å². The molecule has 3 aromatic rings. The number of nitrogens with zero attached hydrogens (tertiary/aromatic N) is 1. The molecule has 2 amide bonds. The number of methoxy groups -OCH3 is 1. The summed E-state index contributed by atoms with van der Waals surface area (Å²) < 4.78 is 3.07. The Balaban J connectivity index is 1.59. The normalized spacial score (nSPS) is 28.4. The molecule has 1 heterocycles. The van der Waals surface area contributed by atoms with E-state index in [-0.39, 0.29) is 28.1 Å². The maximum Gasteiger partial charge on any atom is 0.339 e. The van der Waals surface area contributed by atoms with Crippen LogP contribution >= 0.6 is 43.5 Å². The second kappa shape index (κ2) is 7.26. The highest BCUT2D eigenvalue weighted by Gasteiger charge is 2.72. The van der Waals surface area contributed by atoms with Crippen molar-refractivity contribution in [2.24, 2.45) is 11.8 Å². The van der Waals surface area contributed by atoms with Gasteiger partial charge in [0.15, 0.2) is 0 Å². The maximum absolute atomic E-state index is 14.0. The van der Waals surface area contributed by atoms with Crippen LogP contribution in [0.25, 0.3) is 0 Å². The molecule has 0 N–H and O–H groups in total. The Morgan fingerprint density at radius 3 is 1.71 bits per heavy atom. The molecule has 1 saturated heterocycles. The van der Waals surface area contributed by atoms with Crippen molar-refractivity contribution in [3.63, 3.8) is 0 Å². The van der Waals surface area contributed by atoms with Crippen molar-refractivity contribution in [2.45, 2.75) is 8.65 Å². The van der Waals surface area contributed by atoms with E-state index in [9.17, 15) is 14.4 Å². The lowest BCUT2D eigenvalue weighted by Crippen LogP contribution is -2.56. The largest absolute Gasteiger partial charge is 0.465 e. The zero-order valence-electron chi connectivity index (χ0n) is 17.7. The van der Waals surface area contributed by atoms with Gasteiger partial charge < -0.3 is 4.74 Å². The highest BCUT2D eigenvalue weighted by molar-refractivity contribution is 9.10. The molecule has 1 aliphatic heterocycles. The van der Waals surface area contributed by atoms with Gasteiger partial charge in [0.05, 0.1) is 43.9 Å². The highest BCUT2D eigenvalue weighted by Crippen LogP contribution is 2.70. The second-order valence-corrected chi connectivity index (χ2v) is 11.5. The minimum atomic E-state index is -0.876. The number of hydrogen-bond donors (Lipinski definition) is 0. The first kappa shape index (κ1) is 22.0. The Bertz CT molecular complexity index is 1320. The molecule has 5 nitrogen and oxygen atoms in total. The SMILES string of the molecule is COC(=O)c1cc(N2C(=O)C3C(C2=O)C2(Br)c4ccccc4C3(Br)c3ccccc32)ccc1Cl. The van der Waals surface area contributed by atoms with Crippen molar-refractivity contribution in [3.8, 4) is 0 Å². The summed E-state index contributed by atoms with van der Waals surface area (Å²) in [5, 5.41) is 0.181.